The first-order valence-corrected chi connectivity index (χ1v) is 10.2. The van der Waals surface area contributed by atoms with Crippen molar-refractivity contribution in [1.29, 1.82) is 0 Å². The summed E-state index contributed by atoms with van der Waals surface area (Å²) in [5.74, 6) is 1.57. The van der Waals surface area contributed by atoms with Gasteiger partial charge >= 0.3 is 6.18 Å². The van der Waals surface area contributed by atoms with E-state index in [1.165, 1.54) is 4.31 Å². The second-order valence-electron chi connectivity index (χ2n) is 6.95. The van der Waals surface area contributed by atoms with Crippen molar-refractivity contribution >= 4 is 10.0 Å². The van der Waals surface area contributed by atoms with E-state index in [0.29, 0.717) is 30.5 Å². The lowest BCUT2D eigenvalue weighted by Gasteiger charge is -2.29. The lowest BCUT2D eigenvalue weighted by atomic mass is 9.98. The highest BCUT2D eigenvalue weighted by atomic mass is 32.2. The lowest BCUT2D eigenvalue weighted by molar-refractivity contribution is -0.137. The molecule has 1 aliphatic heterocycles. The summed E-state index contributed by atoms with van der Waals surface area (Å²) in [6, 6.07) is 3.59. The highest BCUT2D eigenvalue weighted by molar-refractivity contribution is 7.89. The molecular formula is C17H18F3N3O3S. The second-order valence-corrected chi connectivity index (χ2v) is 8.89. The maximum atomic E-state index is 12.7. The molecule has 1 aromatic heterocycles. The molecule has 1 aliphatic carbocycles. The van der Waals surface area contributed by atoms with Crippen LogP contribution in [0.15, 0.2) is 33.6 Å². The fourth-order valence-corrected chi connectivity index (χ4v) is 4.68. The Labute approximate surface area is 154 Å². The van der Waals surface area contributed by atoms with Crippen LogP contribution in [0.3, 0.4) is 0 Å². The Morgan fingerprint density at radius 3 is 1.93 bits per heavy atom. The van der Waals surface area contributed by atoms with E-state index >= 15 is 0 Å². The molecule has 0 unspecified atom stereocenters. The normalized spacial score (nSPS) is 20.1. The van der Waals surface area contributed by atoms with E-state index < -0.39 is 21.8 Å². The first-order valence-electron chi connectivity index (χ1n) is 8.76. The minimum Gasteiger partial charge on any atom is -0.425 e. The summed E-state index contributed by atoms with van der Waals surface area (Å²) in [6.45, 7) is 0.518. The summed E-state index contributed by atoms with van der Waals surface area (Å²) in [5.41, 5.74) is -0.872. The molecule has 0 bridgehead atoms. The van der Waals surface area contributed by atoms with Gasteiger partial charge in [-0.1, -0.05) is 0 Å². The summed E-state index contributed by atoms with van der Waals surface area (Å²) >= 11 is 0. The van der Waals surface area contributed by atoms with Crippen LogP contribution in [0.2, 0.25) is 0 Å². The van der Waals surface area contributed by atoms with E-state index in [2.05, 4.69) is 10.2 Å². The SMILES string of the molecule is O=S(=O)(c1ccc(C(F)(F)F)cc1)N1CCC(c2nnc(C3CC3)o2)CC1. The zero-order valence-corrected chi connectivity index (χ0v) is 15.1. The van der Waals surface area contributed by atoms with Crippen LogP contribution in [0.1, 0.15) is 54.9 Å². The van der Waals surface area contributed by atoms with E-state index in [1.54, 1.807) is 0 Å². The van der Waals surface area contributed by atoms with Crippen molar-refractivity contribution in [2.75, 3.05) is 13.1 Å². The Morgan fingerprint density at radius 1 is 0.926 bits per heavy atom. The molecule has 27 heavy (non-hydrogen) atoms. The zero-order valence-electron chi connectivity index (χ0n) is 14.3. The summed E-state index contributed by atoms with van der Waals surface area (Å²) in [5, 5.41) is 8.14. The molecule has 0 atom stereocenters. The Morgan fingerprint density at radius 2 is 1.44 bits per heavy atom. The molecule has 0 spiro atoms. The third kappa shape index (κ3) is 3.73. The van der Waals surface area contributed by atoms with Crippen LogP contribution in [0.25, 0.3) is 0 Å². The minimum atomic E-state index is -4.50. The van der Waals surface area contributed by atoms with Crippen molar-refractivity contribution in [2.24, 2.45) is 0 Å². The third-order valence-electron chi connectivity index (χ3n) is 5.01. The van der Waals surface area contributed by atoms with Crippen LogP contribution in [0.4, 0.5) is 13.2 Å². The highest BCUT2D eigenvalue weighted by Gasteiger charge is 2.35. The van der Waals surface area contributed by atoms with E-state index in [1.807, 2.05) is 0 Å². The van der Waals surface area contributed by atoms with Gasteiger partial charge in [-0.15, -0.1) is 10.2 Å². The minimum absolute atomic E-state index is 0.00376. The molecule has 0 N–H and O–H groups in total. The molecule has 2 fully saturated rings. The lowest BCUT2D eigenvalue weighted by Crippen LogP contribution is -2.38. The van der Waals surface area contributed by atoms with Gasteiger partial charge in [0.1, 0.15) is 0 Å². The first-order chi connectivity index (χ1) is 12.7. The molecule has 0 radical (unpaired) electrons. The first kappa shape index (κ1) is 18.4. The fourth-order valence-electron chi connectivity index (χ4n) is 3.21. The molecule has 1 saturated heterocycles. The van der Waals surface area contributed by atoms with Crippen molar-refractivity contribution in [3.63, 3.8) is 0 Å². The molecule has 2 aromatic rings. The summed E-state index contributed by atoms with van der Waals surface area (Å²) in [6.07, 6.45) is -1.31. The number of halogens is 3. The molecule has 6 nitrogen and oxygen atoms in total. The van der Waals surface area contributed by atoms with Gasteiger partial charge in [0.15, 0.2) is 0 Å². The predicted octanol–water partition coefficient (Wildman–Crippen LogP) is 3.53. The van der Waals surface area contributed by atoms with Crippen molar-refractivity contribution in [3.05, 3.63) is 41.6 Å². The van der Waals surface area contributed by atoms with Crippen molar-refractivity contribution in [1.82, 2.24) is 14.5 Å². The van der Waals surface area contributed by atoms with Crippen molar-refractivity contribution < 1.29 is 26.0 Å². The van der Waals surface area contributed by atoms with Crippen LogP contribution in [0.5, 0.6) is 0 Å². The fraction of sp³-hybridized carbons (Fsp3) is 0.529. The second kappa shape index (κ2) is 6.59. The Hall–Kier alpha value is -1.94. The molecule has 1 aromatic carbocycles. The number of aromatic nitrogens is 2. The number of hydrogen-bond acceptors (Lipinski definition) is 5. The average molecular weight is 401 g/mol. The Kier molecular flexibility index (Phi) is 4.50. The highest BCUT2D eigenvalue weighted by Crippen LogP contribution is 2.40. The van der Waals surface area contributed by atoms with E-state index in [9.17, 15) is 21.6 Å². The van der Waals surface area contributed by atoms with Gasteiger partial charge in [0.05, 0.1) is 10.5 Å². The van der Waals surface area contributed by atoms with Crippen molar-refractivity contribution in [3.8, 4) is 0 Å². The Balaban J connectivity index is 1.43. The molecular weight excluding hydrogens is 383 g/mol. The monoisotopic (exact) mass is 401 g/mol. The smallest absolute Gasteiger partial charge is 0.416 e. The van der Waals surface area contributed by atoms with Gasteiger partial charge in [0, 0.05) is 24.9 Å². The molecule has 0 amide bonds. The van der Waals surface area contributed by atoms with E-state index in [-0.39, 0.29) is 23.9 Å². The number of benzene rings is 1. The van der Waals surface area contributed by atoms with Crippen LogP contribution < -0.4 is 0 Å². The van der Waals surface area contributed by atoms with Gasteiger partial charge in [0.25, 0.3) is 0 Å². The van der Waals surface area contributed by atoms with Gasteiger partial charge < -0.3 is 4.42 Å². The van der Waals surface area contributed by atoms with E-state index in [4.69, 9.17) is 4.42 Å². The molecule has 1 saturated carbocycles. The number of nitrogens with zero attached hydrogens (tertiary/aromatic N) is 3. The van der Waals surface area contributed by atoms with Crippen LogP contribution in [0, 0.1) is 0 Å². The quantitative estimate of drug-likeness (QED) is 0.783. The molecule has 2 aliphatic rings. The third-order valence-corrected chi connectivity index (χ3v) is 6.92. The molecule has 146 valence electrons. The number of sulfonamides is 1. The van der Waals surface area contributed by atoms with Gasteiger partial charge in [-0.25, -0.2) is 8.42 Å². The number of rotatable bonds is 4. The zero-order chi connectivity index (χ0) is 19.2. The topological polar surface area (TPSA) is 76.3 Å². The van der Waals surface area contributed by atoms with Gasteiger partial charge in [-0.2, -0.15) is 17.5 Å². The molecule has 10 heteroatoms. The average Bonchev–Trinajstić information content (AvgIpc) is 3.38. The van der Waals surface area contributed by atoms with Crippen LogP contribution in [-0.4, -0.2) is 36.0 Å². The van der Waals surface area contributed by atoms with Crippen LogP contribution in [-0.2, 0) is 16.2 Å². The summed E-state index contributed by atoms with van der Waals surface area (Å²) in [4.78, 5) is -0.136. The van der Waals surface area contributed by atoms with Gasteiger partial charge in [-0.05, 0) is 49.9 Å². The van der Waals surface area contributed by atoms with Gasteiger partial charge in [0.2, 0.25) is 21.8 Å². The summed E-state index contributed by atoms with van der Waals surface area (Å²) in [7, 11) is -3.83. The Bertz CT molecular complexity index is 913. The maximum absolute atomic E-state index is 12.7. The van der Waals surface area contributed by atoms with Crippen LogP contribution >= 0.6 is 0 Å². The van der Waals surface area contributed by atoms with Crippen molar-refractivity contribution in [2.45, 2.75) is 48.6 Å². The maximum Gasteiger partial charge on any atom is 0.416 e. The summed E-state index contributed by atoms with van der Waals surface area (Å²) < 4.78 is 70.3. The standard InChI is InChI=1S/C17H18F3N3O3S/c18-17(19,20)13-3-5-14(6-4-13)27(24,25)23-9-7-12(8-10-23)16-22-21-15(26-16)11-1-2-11/h3-6,11-12H,1-2,7-10H2. The number of piperidine rings is 1. The number of hydrogen-bond donors (Lipinski definition) is 0. The largest absolute Gasteiger partial charge is 0.425 e. The predicted molar refractivity (Wildman–Crippen MR) is 88.5 cm³/mol. The number of alkyl halides is 3. The molecule has 2 heterocycles. The van der Waals surface area contributed by atoms with Gasteiger partial charge in [-0.3, -0.25) is 0 Å². The molecule has 4 rings (SSSR count). The van der Waals surface area contributed by atoms with E-state index in [0.717, 1.165) is 37.1 Å².